The number of nitrogens with one attached hydrogen (secondary N) is 2. The fourth-order valence-electron chi connectivity index (χ4n) is 2.39. The third-order valence-corrected chi connectivity index (χ3v) is 4.95. The number of anilines is 1. The molecule has 0 aromatic heterocycles. The SMILES string of the molecule is CCCNC(=O)c1ccc2c(c1)NC(=O)/C(=C\c1cccc(Cl)c1)S2. The van der Waals surface area contributed by atoms with Gasteiger partial charge in [-0.3, -0.25) is 9.59 Å². The average molecular weight is 373 g/mol. The molecule has 0 fully saturated rings. The van der Waals surface area contributed by atoms with Crippen molar-refractivity contribution >= 4 is 46.9 Å². The first-order valence-corrected chi connectivity index (χ1v) is 9.15. The normalized spacial score (nSPS) is 14.8. The first kappa shape index (κ1) is 17.6. The fraction of sp³-hybridized carbons (Fsp3) is 0.158. The van der Waals surface area contributed by atoms with Crippen LogP contribution in [0, 0.1) is 0 Å². The van der Waals surface area contributed by atoms with Crippen LogP contribution in [0.5, 0.6) is 0 Å². The highest BCUT2D eigenvalue weighted by molar-refractivity contribution is 8.04. The Hall–Kier alpha value is -2.24. The van der Waals surface area contributed by atoms with Crippen molar-refractivity contribution in [3.8, 4) is 0 Å². The third kappa shape index (κ3) is 4.24. The molecule has 1 aliphatic rings. The molecule has 0 radical (unpaired) electrons. The van der Waals surface area contributed by atoms with Crippen LogP contribution in [0.4, 0.5) is 5.69 Å². The largest absolute Gasteiger partial charge is 0.352 e. The molecular weight excluding hydrogens is 356 g/mol. The third-order valence-electron chi connectivity index (χ3n) is 3.62. The number of benzene rings is 2. The van der Waals surface area contributed by atoms with Gasteiger partial charge in [-0.2, -0.15) is 0 Å². The van der Waals surface area contributed by atoms with Crippen LogP contribution in [0.3, 0.4) is 0 Å². The number of fused-ring (bicyclic) bond motifs is 1. The lowest BCUT2D eigenvalue weighted by molar-refractivity contribution is -0.112. The molecule has 0 atom stereocenters. The molecule has 0 aliphatic carbocycles. The van der Waals surface area contributed by atoms with E-state index in [1.807, 2.05) is 25.1 Å². The smallest absolute Gasteiger partial charge is 0.262 e. The minimum Gasteiger partial charge on any atom is -0.352 e. The van der Waals surface area contributed by atoms with Crippen molar-refractivity contribution in [1.82, 2.24) is 5.32 Å². The van der Waals surface area contributed by atoms with Crippen molar-refractivity contribution in [3.63, 3.8) is 0 Å². The Morgan fingerprint density at radius 2 is 2.12 bits per heavy atom. The van der Waals surface area contributed by atoms with Crippen LogP contribution in [0.2, 0.25) is 5.02 Å². The molecule has 4 nitrogen and oxygen atoms in total. The van der Waals surface area contributed by atoms with Crippen LogP contribution in [-0.4, -0.2) is 18.4 Å². The summed E-state index contributed by atoms with van der Waals surface area (Å²) >= 11 is 7.37. The van der Waals surface area contributed by atoms with Crippen LogP contribution in [-0.2, 0) is 4.79 Å². The highest BCUT2D eigenvalue weighted by atomic mass is 35.5. The Balaban J connectivity index is 1.84. The van der Waals surface area contributed by atoms with Gasteiger partial charge in [-0.05, 0) is 48.4 Å². The van der Waals surface area contributed by atoms with E-state index in [0.717, 1.165) is 16.9 Å². The second-order valence-corrected chi connectivity index (χ2v) is 7.11. The predicted octanol–water partition coefficient (Wildman–Crippen LogP) is 4.57. The van der Waals surface area contributed by atoms with Crippen LogP contribution in [0.25, 0.3) is 6.08 Å². The first-order chi connectivity index (χ1) is 12.1. The average Bonchev–Trinajstić information content (AvgIpc) is 2.60. The zero-order valence-corrected chi connectivity index (χ0v) is 15.2. The number of hydrogen-bond donors (Lipinski definition) is 2. The topological polar surface area (TPSA) is 58.2 Å². The van der Waals surface area contributed by atoms with E-state index in [1.54, 1.807) is 30.3 Å². The van der Waals surface area contributed by atoms with Gasteiger partial charge < -0.3 is 10.6 Å². The van der Waals surface area contributed by atoms with Crippen molar-refractivity contribution in [3.05, 3.63) is 63.5 Å². The molecule has 0 spiro atoms. The monoisotopic (exact) mass is 372 g/mol. The maximum atomic E-state index is 12.4. The van der Waals surface area contributed by atoms with E-state index < -0.39 is 0 Å². The quantitative estimate of drug-likeness (QED) is 0.773. The molecule has 0 saturated heterocycles. The molecule has 2 amide bonds. The summed E-state index contributed by atoms with van der Waals surface area (Å²) in [6.07, 6.45) is 2.68. The standard InChI is InChI=1S/C19H17ClN2O2S/c1-2-8-21-18(23)13-6-7-16-15(11-13)22-19(24)17(25-16)10-12-4-3-5-14(20)9-12/h3-7,9-11H,2,8H2,1H3,(H,21,23)(H,22,24)/b17-10+. The van der Waals surface area contributed by atoms with E-state index >= 15 is 0 Å². The van der Waals surface area contributed by atoms with Gasteiger partial charge in [-0.1, -0.05) is 42.4 Å². The lowest BCUT2D eigenvalue weighted by Crippen LogP contribution is -2.24. The summed E-state index contributed by atoms with van der Waals surface area (Å²) in [6.45, 7) is 2.63. The van der Waals surface area contributed by atoms with E-state index in [1.165, 1.54) is 11.8 Å². The van der Waals surface area contributed by atoms with Gasteiger partial charge in [0.2, 0.25) is 0 Å². The Kier molecular flexibility index (Phi) is 5.46. The molecule has 2 aromatic carbocycles. The zero-order chi connectivity index (χ0) is 17.8. The van der Waals surface area contributed by atoms with E-state index in [9.17, 15) is 9.59 Å². The van der Waals surface area contributed by atoms with Gasteiger partial charge in [-0.25, -0.2) is 0 Å². The second kappa shape index (κ2) is 7.76. The predicted molar refractivity (Wildman–Crippen MR) is 103 cm³/mol. The van der Waals surface area contributed by atoms with Crippen LogP contribution >= 0.6 is 23.4 Å². The molecule has 6 heteroatoms. The zero-order valence-electron chi connectivity index (χ0n) is 13.6. The van der Waals surface area contributed by atoms with Gasteiger partial charge in [0.25, 0.3) is 11.8 Å². The number of amides is 2. The minimum atomic E-state index is -0.191. The van der Waals surface area contributed by atoms with Crippen LogP contribution < -0.4 is 10.6 Å². The lowest BCUT2D eigenvalue weighted by Gasteiger charge is -2.19. The summed E-state index contributed by atoms with van der Waals surface area (Å²) in [5.74, 6) is -0.326. The van der Waals surface area contributed by atoms with Gasteiger partial charge in [0, 0.05) is 22.0 Å². The molecule has 2 aromatic rings. The van der Waals surface area contributed by atoms with Crippen molar-refractivity contribution in [1.29, 1.82) is 0 Å². The molecule has 25 heavy (non-hydrogen) atoms. The first-order valence-electron chi connectivity index (χ1n) is 7.95. The summed E-state index contributed by atoms with van der Waals surface area (Å²) in [6, 6.07) is 12.7. The maximum Gasteiger partial charge on any atom is 0.262 e. The molecule has 3 rings (SSSR count). The Labute approximate surface area is 155 Å². The summed E-state index contributed by atoms with van der Waals surface area (Å²) in [5, 5.41) is 6.31. The molecular formula is C19H17ClN2O2S. The number of thioether (sulfide) groups is 1. The Morgan fingerprint density at radius 3 is 2.88 bits per heavy atom. The number of rotatable bonds is 4. The van der Waals surface area contributed by atoms with Gasteiger partial charge >= 0.3 is 0 Å². The van der Waals surface area contributed by atoms with Gasteiger partial charge in [0.1, 0.15) is 0 Å². The highest BCUT2D eigenvalue weighted by Crippen LogP contribution is 2.39. The Bertz CT molecular complexity index is 864. The van der Waals surface area contributed by atoms with Crippen molar-refractivity contribution in [2.24, 2.45) is 0 Å². The molecule has 0 bridgehead atoms. The van der Waals surface area contributed by atoms with E-state index in [2.05, 4.69) is 10.6 Å². The summed E-state index contributed by atoms with van der Waals surface area (Å²) in [4.78, 5) is 25.9. The van der Waals surface area contributed by atoms with E-state index in [4.69, 9.17) is 11.6 Å². The second-order valence-electron chi connectivity index (χ2n) is 5.59. The summed E-state index contributed by atoms with van der Waals surface area (Å²) in [7, 11) is 0. The minimum absolute atomic E-state index is 0.135. The van der Waals surface area contributed by atoms with E-state index in [-0.39, 0.29) is 11.8 Å². The molecule has 2 N–H and O–H groups in total. The molecule has 0 unspecified atom stereocenters. The summed E-state index contributed by atoms with van der Waals surface area (Å²) < 4.78 is 0. The lowest BCUT2D eigenvalue weighted by atomic mass is 10.1. The van der Waals surface area contributed by atoms with Gasteiger partial charge in [0.15, 0.2) is 0 Å². The molecule has 1 heterocycles. The number of carbonyl (C=O) groups is 2. The van der Waals surface area contributed by atoms with Crippen molar-refractivity contribution in [2.45, 2.75) is 18.2 Å². The van der Waals surface area contributed by atoms with Crippen LogP contribution in [0.1, 0.15) is 29.3 Å². The van der Waals surface area contributed by atoms with Gasteiger partial charge in [-0.15, -0.1) is 0 Å². The highest BCUT2D eigenvalue weighted by Gasteiger charge is 2.22. The van der Waals surface area contributed by atoms with Gasteiger partial charge in [0.05, 0.1) is 10.6 Å². The van der Waals surface area contributed by atoms with Crippen molar-refractivity contribution in [2.75, 3.05) is 11.9 Å². The number of carbonyl (C=O) groups excluding carboxylic acids is 2. The molecule has 128 valence electrons. The number of hydrogen-bond acceptors (Lipinski definition) is 3. The van der Waals surface area contributed by atoms with Crippen LogP contribution in [0.15, 0.2) is 52.3 Å². The Morgan fingerprint density at radius 1 is 1.28 bits per heavy atom. The number of halogens is 1. The van der Waals surface area contributed by atoms with Crippen molar-refractivity contribution < 1.29 is 9.59 Å². The molecule has 0 saturated carbocycles. The maximum absolute atomic E-state index is 12.4. The van der Waals surface area contributed by atoms with E-state index in [0.29, 0.717) is 27.7 Å². The summed E-state index contributed by atoms with van der Waals surface area (Å²) in [5.41, 5.74) is 2.06. The fourth-order valence-corrected chi connectivity index (χ4v) is 3.52. The molecule has 1 aliphatic heterocycles.